The Hall–Kier alpha value is -3.66. The number of rotatable bonds is 3. The third-order valence-electron chi connectivity index (χ3n) is 5.05. The molecule has 4 nitrogen and oxygen atoms in total. The Morgan fingerprint density at radius 3 is 2.31 bits per heavy atom. The van der Waals surface area contributed by atoms with Gasteiger partial charge in [-0.25, -0.2) is 4.57 Å². The van der Waals surface area contributed by atoms with Crippen molar-refractivity contribution in [1.82, 2.24) is 4.57 Å². The van der Waals surface area contributed by atoms with Crippen LogP contribution in [0.25, 0.3) is 16.5 Å². The lowest BCUT2D eigenvalue weighted by Gasteiger charge is -2.14. The van der Waals surface area contributed by atoms with E-state index in [1.807, 2.05) is 75.4 Å². The fraction of sp³-hybridized carbons (Fsp3) is 0.120. The number of pyridine rings is 1. The summed E-state index contributed by atoms with van der Waals surface area (Å²) in [5, 5.41) is 12.3. The van der Waals surface area contributed by atoms with Gasteiger partial charge in [-0.3, -0.25) is 9.79 Å². The van der Waals surface area contributed by atoms with Crippen molar-refractivity contribution in [3.8, 4) is 11.6 Å². The number of nitrogens with zero attached hydrogens (tertiary/aromatic N) is 2. The van der Waals surface area contributed by atoms with Crippen molar-refractivity contribution in [2.75, 3.05) is 0 Å². The molecule has 0 amide bonds. The molecule has 3 aromatic carbocycles. The minimum atomic E-state index is -0.257. The molecule has 0 saturated carbocycles. The molecular formula is C25H22N2O2. The van der Waals surface area contributed by atoms with E-state index in [1.54, 1.807) is 12.3 Å². The summed E-state index contributed by atoms with van der Waals surface area (Å²) in [4.78, 5) is 17.7. The second-order valence-corrected chi connectivity index (χ2v) is 7.31. The molecule has 4 heteroatoms. The predicted octanol–water partition coefficient (Wildman–Crippen LogP) is 5.37. The van der Waals surface area contributed by atoms with Crippen LogP contribution in [0, 0.1) is 20.8 Å². The molecule has 1 N–H and O–H groups in total. The first-order valence-corrected chi connectivity index (χ1v) is 9.51. The average Bonchev–Trinajstić information content (AvgIpc) is 2.69. The Labute approximate surface area is 169 Å². The van der Waals surface area contributed by atoms with Gasteiger partial charge in [0.05, 0.1) is 16.9 Å². The highest BCUT2D eigenvalue weighted by Crippen LogP contribution is 2.27. The van der Waals surface area contributed by atoms with Crippen molar-refractivity contribution in [2.24, 2.45) is 4.99 Å². The Kier molecular flexibility index (Phi) is 4.77. The van der Waals surface area contributed by atoms with Gasteiger partial charge in [-0.05, 0) is 56.2 Å². The summed E-state index contributed by atoms with van der Waals surface area (Å²) >= 11 is 0. The van der Waals surface area contributed by atoms with E-state index < -0.39 is 0 Å². The lowest BCUT2D eigenvalue weighted by Crippen LogP contribution is -2.20. The van der Waals surface area contributed by atoms with Crippen LogP contribution in [-0.4, -0.2) is 15.9 Å². The highest BCUT2D eigenvalue weighted by molar-refractivity contribution is 6.02. The molecule has 0 radical (unpaired) electrons. The normalized spacial score (nSPS) is 11.4. The molecule has 29 heavy (non-hydrogen) atoms. The van der Waals surface area contributed by atoms with Gasteiger partial charge in [0.15, 0.2) is 0 Å². The zero-order valence-corrected chi connectivity index (χ0v) is 16.7. The third kappa shape index (κ3) is 3.45. The lowest BCUT2D eigenvalue weighted by molar-refractivity contribution is 0.436. The largest absolute Gasteiger partial charge is 0.494 e. The minimum Gasteiger partial charge on any atom is -0.494 e. The van der Waals surface area contributed by atoms with E-state index in [0.29, 0.717) is 22.0 Å². The summed E-state index contributed by atoms with van der Waals surface area (Å²) < 4.78 is 1.35. The van der Waals surface area contributed by atoms with Crippen LogP contribution in [0.5, 0.6) is 5.88 Å². The van der Waals surface area contributed by atoms with Gasteiger partial charge in [-0.2, -0.15) is 0 Å². The van der Waals surface area contributed by atoms with Crippen LogP contribution >= 0.6 is 0 Å². The molecule has 144 valence electrons. The molecule has 4 aromatic rings. The first kappa shape index (κ1) is 18.7. The highest BCUT2D eigenvalue weighted by atomic mass is 16.3. The molecule has 0 aliphatic carbocycles. The van der Waals surface area contributed by atoms with Gasteiger partial charge in [0.1, 0.15) is 0 Å². The summed E-state index contributed by atoms with van der Waals surface area (Å²) in [6.45, 7) is 6.00. The fourth-order valence-corrected chi connectivity index (χ4v) is 3.58. The number of hydrogen-bond acceptors (Lipinski definition) is 3. The Bertz CT molecular complexity index is 1320. The molecule has 1 heterocycles. The first-order chi connectivity index (χ1) is 14.0. The van der Waals surface area contributed by atoms with Gasteiger partial charge in [0.25, 0.3) is 5.56 Å². The van der Waals surface area contributed by atoms with Gasteiger partial charge in [0, 0.05) is 17.0 Å². The van der Waals surface area contributed by atoms with Gasteiger partial charge in [0.2, 0.25) is 5.88 Å². The molecule has 4 rings (SSSR count). The highest BCUT2D eigenvalue weighted by Gasteiger charge is 2.16. The maximum absolute atomic E-state index is 13.1. The predicted molar refractivity (Wildman–Crippen MR) is 119 cm³/mol. The minimum absolute atomic E-state index is 0.118. The van der Waals surface area contributed by atoms with Crippen molar-refractivity contribution in [3.05, 3.63) is 99.3 Å². The SMILES string of the molecule is Cc1cccc(-n2c(O)c(C=Nc3ccc(C)cc3C)c3ccccc3c2=O)c1. The molecular weight excluding hydrogens is 360 g/mol. The summed E-state index contributed by atoms with van der Waals surface area (Å²) in [5.74, 6) is -0.118. The molecule has 0 spiro atoms. The van der Waals surface area contributed by atoms with Gasteiger partial charge < -0.3 is 5.11 Å². The van der Waals surface area contributed by atoms with Crippen molar-refractivity contribution in [3.63, 3.8) is 0 Å². The van der Waals surface area contributed by atoms with E-state index in [1.165, 1.54) is 10.1 Å². The van der Waals surface area contributed by atoms with Crippen molar-refractivity contribution in [1.29, 1.82) is 0 Å². The lowest BCUT2D eigenvalue weighted by atomic mass is 10.1. The summed E-state index contributed by atoms with van der Waals surface area (Å²) in [6, 6.07) is 20.8. The zero-order valence-electron chi connectivity index (χ0n) is 16.7. The standard InChI is InChI=1S/C25H22N2O2/c1-16-7-6-8-19(14-16)27-24(28)21-10-5-4-9-20(21)22(25(27)29)15-26-23-12-11-17(2)13-18(23)3/h4-15,29H,1-3H3. The first-order valence-electron chi connectivity index (χ1n) is 9.51. The van der Waals surface area contributed by atoms with Crippen LogP contribution in [0.15, 0.2) is 76.5 Å². The number of aliphatic imine (C=N–C) groups is 1. The number of benzene rings is 3. The van der Waals surface area contributed by atoms with E-state index in [-0.39, 0.29) is 11.4 Å². The Balaban J connectivity index is 1.98. The van der Waals surface area contributed by atoms with E-state index in [2.05, 4.69) is 11.1 Å². The van der Waals surface area contributed by atoms with Crippen molar-refractivity contribution in [2.45, 2.75) is 20.8 Å². The molecule has 0 atom stereocenters. The van der Waals surface area contributed by atoms with Gasteiger partial charge in [-0.1, -0.05) is 48.0 Å². The average molecular weight is 382 g/mol. The molecule has 1 aromatic heterocycles. The molecule has 0 unspecified atom stereocenters. The Morgan fingerprint density at radius 1 is 0.862 bits per heavy atom. The summed E-state index contributed by atoms with van der Waals surface area (Å²) in [5.41, 5.74) is 4.94. The summed E-state index contributed by atoms with van der Waals surface area (Å²) in [7, 11) is 0. The van der Waals surface area contributed by atoms with Crippen LogP contribution in [0.4, 0.5) is 5.69 Å². The monoisotopic (exact) mass is 382 g/mol. The number of aromatic hydroxyl groups is 1. The second kappa shape index (κ2) is 7.40. The smallest absolute Gasteiger partial charge is 0.265 e. The van der Waals surface area contributed by atoms with Crippen LogP contribution in [-0.2, 0) is 0 Å². The fourth-order valence-electron chi connectivity index (χ4n) is 3.58. The van der Waals surface area contributed by atoms with Crippen LogP contribution in [0.1, 0.15) is 22.3 Å². The van der Waals surface area contributed by atoms with Gasteiger partial charge in [-0.15, -0.1) is 0 Å². The molecule has 0 fully saturated rings. The molecule has 0 saturated heterocycles. The maximum Gasteiger partial charge on any atom is 0.265 e. The molecule has 0 aliphatic heterocycles. The number of fused-ring (bicyclic) bond motifs is 1. The van der Waals surface area contributed by atoms with E-state index >= 15 is 0 Å². The molecule has 0 bridgehead atoms. The quantitative estimate of drug-likeness (QED) is 0.484. The second-order valence-electron chi connectivity index (χ2n) is 7.31. The number of aryl methyl sites for hydroxylation is 3. The van der Waals surface area contributed by atoms with Crippen molar-refractivity contribution < 1.29 is 5.11 Å². The number of aromatic nitrogens is 1. The maximum atomic E-state index is 13.1. The Morgan fingerprint density at radius 2 is 1.59 bits per heavy atom. The third-order valence-corrected chi connectivity index (χ3v) is 5.05. The zero-order chi connectivity index (χ0) is 20.5. The van der Waals surface area contributed by atoms with Crippen molar-refractivity contribution >= 4 is 22.7 Å². The van der Waals surface area contributed by atoms with Crippen LogP contribution < -0.4 is 5.56 Å². The van der Waals surface area contributed by atoms with Crippen LogP contribution in [0.2, 0.25) is 0 Å². The topological polar surface area (TPSA) is 54.6 Å². The van der Waals surface area contributed by atoms with E-state index in [0.717, 1.165) is 16.8 Å². The van der Waals surface area contributed by atoms with Crippen LogP contribution in [0.3, 0.4) is 0 Å². The van der Waals surface area contributed by atoms with E-state index in [9.17, 15) is 9.90 Å². The molecule has 0 aliphatic rings. The number of hydrogen-bond donors (Lipinski definition) is 1. The van der Waals surface area contributed by atoms with E-state index in [4.69, 9.17) is 0 Å². The summed E-state index contributed by atoms with van der Waals surface area (Å²) in [6.07, 6.45) is 1.64. The van der Waals surface area contributed by atoms with Gasteiger partial charge >= 0.3 is 0 Å².